The molecule has 0 aliphatic heterocycles. The molecule has 0 atom stereocenters. The minimum atomic E-state index is -0.338. The van der Waals surface area contributed by atoms with E-state index in [1.165, 1.54) is 51.0 Å². The number of nitrogens with zero attached hydrogens (tertiary/aromatic N) is 2. The summed E-state index contributed by atoms with van der Waals surface area (Å²) in [5.41, 5.74) is 4.98. The Kier molecular flexibility index (Phi) is 9.16. The van der Waals surface area contributed by atoms with Gasteiger partial charge in [-0.2, -0.15) is 5.10 Å². The number of halogens is 1. The van der Waals surface area contributed by atoms with Crippen LogP contribution in [0.1, 0.15) is 59.5 Å². The van der Waals surface area contributed by atoms with E-state index in [1.54, 1.807) is 36.7 Å². The van der Waals surface area contributed by atoms with E-state index >= 15 is 0 Å². The van der Waals surface area contributed by atoms with Crippen LogP contribution in [0.3, 0.4) is 0 Å². The Morgan fingerprint density at radius 1 is 1.06 bits per heavy atom. The molecule has 0 bridgehead atoms. The molecular weight excluding hydrogens is 478 g/mol. The van der Waals surface area contributed by atoms with Crippen molar-refractivity contribution in [1.29, 1.82) is 0 Å². The van der Waals surface area contributed by atoms with Crippen molar-refractivity contribution in [2.24, 2.45) is 5.10 Å². The van der Waals surface area contributed by atoms with Crippen molar-refractivity contribution in [3.63, 3.8) is 0 Å². The molecule has 8 heteroatoms. The first kappa shape index (κ1) is 25.5. The van der Waals surface area contributed by atoms with E-state index in [2.05, 4.69) is 27.6 Å². The lowest BCUT2D eigenvalue weighted by Crippen LogP contribution is -2.17. The molecule has 1 amide bonds. The third-order valence-electron chi connectivity index (χ3n) is 6.13. The summed E-state index contributed by atoms with van der Waals surface area (Å²) in [6, 6.07) is 15.0. The summed E-state index contributed by atoms with van der Waals surface area (Å²) in [5.74, 6) is 2.04. The topological polar surface area (TPSA) is 82.0 Å². The highest BCUT2D eigenvalue weighted by Crippen LogP contribution is 2.36. The Hall–Kier alpha value is -3.58. The van der Waals surface area contributed by atoms with Crippen LogP contribution in [0.25, 0.3) is 0 Å². The maximum atomic E-state index is 12.1. The van der Waals surface area contributed by atoms with Gasteiger partial charge in [-0.3, -0.25) is 9.78 Å². The van der Waals surface area contributed by atoms with Crippen LogP contribution in [-0.4, -0.2) is 37.4 Å². The monoisotopic (exact) mass is 507 g/mol. The second-order valence-corrected chi connectivity index (χ2v) is 8.98. The zero-order chi connectivity index (χ0) is 25.2. The first-order valence-electron chi connectivity index (χ1n) is 12.1. The quantitative estimate of drug-likeness (QED) is 0.206. The predicted molar refractivity (Wildman–Crippen MR) is 141 cm³/mol. The molecule has 36 heavy (non-hydrogen) atoms. The van der Waals surface area contributed by atoms with Crippen molar-refractivity contribution in [1.82, 2.24) is 10.4 Å². The minimum Gasteiger partial charge on any atom is -0.493 e. The van der Waals surface area contributed by atoms with Crippen molar-refractivity contribution in [3.05, 3.63) is 82.6 Å². The molecule has 0 saturated heterocycles. The Morgan fingerprint density at radius 2 is 1.78 bits per heavy atom. The number of carbonyl (C=O) groups is 1. The third-order valence-corrected chi connectivity index (χ3v) is 6.41. The Balaban J connectivity index is 1.28. The fourth-order valence-electron chi connectivity index (χ4n) is 4.26. The summed E-state index contributed by atoms with van der Waals surface area (Å²) >= 11 is 6.44. The zero-order valence-electron chi connectivity index (χ0n) is 20.3. The van der Waals surface area contributed by atoms with E-state index in [-0.39, 0.29) is 5.91 Å². The predicted octanol–water partition coefficient (Wildman–Crippen LogP) is 6.01. The molecule has 1 aromatic heterocycles. The van der Waals surface area contributed by atoms with Gasteiger partial charge in [0.05, 0.1) is 18.3 Å². The van der Waals surface area contributed by atoms with E-state index in [0.717, 1.165) is 5.75 Å². The first-order chi connectivity index (χ1) is 17.6. The normalized spacial score (nSPS) is 13.9. The maximum Gasteiger partial charge on any atom is 0.271 e. The molecule has 0 spiro atoms. The van der Waals surface area contributed by atoms with Crippen LogP contribution >= 0.6 is 11.6 Å². The Labute approximate surface area is 216 Å². The van der Waals surface area contributed by atoms with E-state index < -0.39 is 0 Å². The van der Waals surface area contributed by atoms with E-state index in [1.807, 2.05) is 12.1 Å². The molecule has 1 N–H and O–H groups in total. The lowest BCUT2D eigenvalue weighted by Gasteiger charge is -2.22. The second kappa shape index (κ2) is 12.9. The van der Waals surface area contributed by atoms with E-state index in [4.69, 9.17) is 25.8 Å². The smallest absolute Gasteiger partial charge is 0.271 e. The average Bonchev–Trinajstić information content (AvgIpc) is 2.93. The zero-order valence-corrected chi connectivity index (χ0v) is 21.0. The van der Waals surface area contributed by atoms with Gasteiger partial charge in [-0.1, -0.05) is 43.0 Å². The average molecular weight is 508 g/mol. The standard InChI is InChI=1S/C28H30ClN3O4/c1-34-26-18-20(19-31-32-28(33)23-11-13-30-14-12-23)17-25(29)27(26)36-16-15-35-24-9-7-22(8-10-24)21-5-3-2-4-6-21/h7-14,17-19,21H,2-6,15-16H2,1H3,(H,32,33)/b31-19+. The van der Waals surface area contributed by atoms with Crippen molar-refractivity contribution in [3.8, 4) is 17.2 Å². The number of amides is 1. The highest BCUT2D eigenvalue weighted by molar-refractivity contribution is 6.32. The fourth-order valence-corrected chi connectivity index (χ4v) is 4.54. The maximum absolute atomic E-state index is 12.1. The van der Waals surface area contributed by atoms with Gasteiger partial charge in [0.1, 0.15) is 19.0 Å². The summed E-state index contributed by atoms with van der Waals surface area (Å²) in [6.07, 6.45) is 11.1. The number of pyridine rings is 1. The highest BCUT2D eigenvalue weighted by atomic mass is 35.5. The Morgan fingerprint density at radius 3 is 2.50 bits per heavy atom. The summed E-state index contributed by atoms with van der Waals surface area (Å²) in [5, 5.41) is 4.36. The molecule has 1 heterocycles. The molecule has 3 aromatic rings. The fraction of sp³-hybridized carbons (Fsp3) is 0.321. The number of hydrogen-bond donors (Lipinski definition) is 1. The number of ether oxygens (including phenoxy) is 3. The number of methoxy groups -OCH3 is 1. The molecule has 2 aromatic carbocycles. The van der Waals surface area contributed by atoms with Gasteiger partial charge in [0.15, 0.2) is 11.5 Å². The molecule has 0 radical (unpaired) electrons. The van der Waals surface area contributed by atoms with Crippen LogP contribution in [-0.2, 0) is 0 Å². The molecule has 1 aliphatic carbocycles. The van der Waals surface area contributed by atoms with Gasteiger partial charge < -0.3 is 14.2 Å². The SMILES string of the molecule is COc1cc(/C=N/NC(=O)c2ccncc2)cc(Cl)c1OCCOc1ccc(C2CCCCC2)cc1. The lowest BCUT2D eigenvalue weighted by atomic mass is 9.84. The Bertz CT molecular complexity index is 1160. The van der Waals surface area contributed by atoms with Crippen molar-refractivity contribution in [2.45, 2.75) is 38.0 Å². The summed E-state index contributed by atoms with van der Waals surface area (Å²) in [6.45, 7) is 0.669. The number of nitrogens with one attached hydrogen (secondary N) is 1. The van der Waals surface area contributed by atoms with Crippen LogP contribution in [0, 0.1) is 0 Å². The van der Waals surface area contributed by atoms with Crippen LogP contribution in [0.5, 0.6) is 17.2 Å². The molecular formula is C28H30ClN3O4. The number of hydrazone groups is 1. The van der Waals surface area contributed by atoms with Crippen LogP contribution in [0.2, 0.25) is 5.02 Å². The summed E-state index contributed by atoms with van der Waals surface area (Å²) < 4.78 is 17.1. The van der Waals surface area contributed by atoms with Crippen LogP contribution in [0.4, 0.5) is 0 Å². The number of benzene rings is 2. The van der Waals surface area contributed by atoms with E-state index in [9.17, 15) is 4.79 Å². The van der Waals surface area contributed by atoms with E-state index in [0.29, 0.717) is 46.8 Å². The molecule has 4 rings (SSSR count). The third kappa shape index (κ3) is 6.98. The van der Waals surface area contributed by atoms with Gasteiger partial charge in [-0.25, -0.2) is 5.43 Å². The molecule has 1 saturated carbocycles. The van der Waals surface area contributed by atoms with Crippen LogP contribution < -0.4 is 19.6 Å². The van der Waals surface area contributed by atoms with Crippen LogP contribution in [0.15, 0.2) is 66.0 Å². The van der Waals surface area contributed by atoms with Gasteiger partial charge in [0.25, 0.3) is 5.91 Å². The highest BCUT2D eigenvalue weighted by Gasteiger charge is 2.15. The number of rotatable bonds is 10. The number of hydrogen-bond acceptors (Lipinski definition) is 6. The summed E-state index contributed by atoms with van der Waals surface area (Å²) in [4.78, 5) is 16.0. The molecule has 1 aliphatic rings. The van der Waals surface area contributed by atoms with Crippen molar-refractivity contribution < 1.29 is 19.0 Å². The van der Waals surface area contributed by atoms with Gasteiger partial charge in [0.2, 0.25) is 0 Å². The van der Waals surface area contributed by atoms with Crippen molar-refractivity contribution >= 4 is 23.7 Å². The van der Waals surface area contributed by atoms with Gasteiger partial charge >= 0.3 is 0 Å². The molecule has 0 unspecified atom stereocenters. The molecule has 1 fully saturated rings. The van der Waals surface area contributed by atoms with Gasteiger partial charge in [0, 0.05) is 18.0 Å². The first-order valence-corrected chi connectivity index (χ1v) is 12.5. The van der Waals surface area contributed by atoms with Crippen molar-refractivity contribution in [2.75, 3.05) is 20.3 Å². The largest absolute Gasteiger partial charge is 0.493 e. The summed E-state index contributed by atoms with van der Waals surface area (Å²) in [7, 11) is 1.54. The van der Waals surface area contributed by atoms with Gasteiger partial charge in [-0.15, -0.1) is 0 Å². The number of carbonyl (C=O) groups excluding carboxylic acids is 1. The number of aromatic nitrogens is 1. The van der Waals surface area contributed by atoms with Gasteiger partial charge in [-0.05, 0) is 66.3 Å². The molecule has 7 nitrogen and oxygen atoms in total. The minimum absolute atomic E-state index is 0.301. The molecule has 188 valence electrons. The second-order valence-electron chi connectivity index (χ2n) is 8.57. The lowest BCUT2D eigenvalue weighted by molar-refractivity contribution is 0.0955.